The highest BCUT2D eigenvalue weighted by atomic mass is 79.9. The molecule has 2 aromatic carbocycles. The lowest BCUT2D eigenvalue weighted by Crippen LogP contribution is -2.31. The van der Waals surface area contributed by atoms with Gasteiger partial charge in [-0.25, -0.2) is 4.79 Å². The summed E-state index contributed by atoms with van der Waals surface area (Å²) in [6.07, 6.45) is 4.49. The van der Waals surface area contributed by atoms with Gasteiger partial charge in [-0.1, -0.05) is 35.0 Å². The van der Waals surface area contributed by atoms with E-state index in [1.54, 1.807) is 18.2 Å². The number of rotatable bonds is 5. The van der Waals surface area contributed by atoms with Gasteiger partial charge in [-0.2, -0.15) is 0 Å². The van der Waals surface area contributed by atoms with E-state index in [4.69, 9.17) is 4.74 Å². The number of allylic oxidation sites excluding steroid dienone is 2. The number of ether oxygens (including phenoxy) is 1. The Hall–Kier alpha value is -3.26. The number of nitrogens with one attached hydrogen (secondary N) is 1. The van der Waals surface area contributed by atoms with Gasteiger partial charge in [0, 0.05) is 10.2 Å². The molecule has 1 heterocycles. The van der Waals surface area contributed by atoms with Crippen molar-refractivity contribution in [2.24, 2.45) is 17.8 Å². The van der Waals surface area contributed by atoms with Gasteiger partial charge in [-0.3, -0.25) is 19.3 Å². The number of hydrogen-bond acceptors (Lipinski definition) is 5. The quantitative estimate of drug-likeness (QED) is 0.351. The van der Waals surface area contributed by atoms with Crippen LogP contribution in [0.25, 0.3) is 0 Å². The van der Waals surface area contributed by atoms with E-state index >= 15 is 0 Å². The highest BCUT2D eigenvalue weighted by Crippen LogP contribution is 2.40. The van der Waals surface area contributed by atoms with Gasteiger partial charge in [-0.15, -0.1) is 0 Å². The van der Waals surface area contributed by atoms with E-state index < -0.39 is 18.5 Å². The predicted molar refractivity (Wildman–Crippen MR) is 131 cm³/mol. The zero-order chi connectivity index (χ0) is 24.6. The number of anilines is 2. The molecule has 0 saturated carbocycles. The second-order valence-corrected chi connectivity index (χ2v) is 9.54. The first kappa shape index (κ1) is 23.9. The van der Waals surface area contributed by atoms with Gasteiger partial charge in [0.2, 0.25) is 11.8 Å². The molecule has 1 N–H and O–H groups in total. The fraction of sp³-hybridized carbons (Fsp3) is 0.308. The molecule has 1 aliphatic heterocycles. The van der Waals surface area contributed by atoms with Crippen LogP contribution in [0.5, 0.6) is 0 Å². The number of carbonyl (C=O) groups is 4. The highest BCUT2D eigenvalue weighted by molar-refractivity contribution is 9.10. The lowest BCUT2D eigenvalue weighted by atomic mass is 9.78. The Kier molecular flexibility index (Phi) is 6.70. The van der Waals surface area contributed by atoms with E-state index in [0.717, 1.165) is 15.6 Å². The van der Waals surface area contributed by atoms with E-state index in [1.807, 2.05) is 39.0 Å². The minimum Gasteiger partial charge on any atom is -0.452 e. The van der Waals surface area contributed by atoms with Gasteiger partial charge in [0.05, 0.1) is 23.1 Å². The lowest BCUT2D eigenvalue weighted by Gasteiger charge is -2.22. The van der Waals surface area contributed by atoms with E-state index in [2.05, 4.69) is 21.2 Å². The average Bonchev–Trinajstić information content (AvgIpc) is 3.09. The topological polar surface area (TPSA) is 92.8 Å². The Bertz CT molecular complexity index is 1200. The summed E-state index contributed by atoms with van der Waals surface area (Å²) < 4.78 is 6.08. The van der Waals surface area contributed by atoms with E-state index in [-0.39, 0.29) is 35.1 Å². The van der Waals surface area contributed by atoms with Gasteiger partial charge in [-0.05, 0) is 73.7 Å². The van der Waals surface area contributed by atoms with Gasteiger partial charge < -0.3 is 10.1 Å². The maximum atomic E-state index is 12.9. The fourth-order valence-corrected chi connectivity index (χ4v) is 4.90. The number of hydrogen-bond donors (Lipinski definition) is 1. The first-order chi connectivity index (χ1) is 16.2. The third-order valence-corrected chi connectivity index (χ3v) is 7.42. The molecule has 7 nitrogen and oxygen atoms in total. The smallest absolute Gasteiger partial charge is 0.338 e. The monoisotopic (exact) mass is 524 g/mol. The summed E-state index contributed by atoms with van der Waals surface area (Å²) in [7, 11) is 0. The molecule has 34 heavy (non-hydrogen) atoms. The normalized spacial score (nSPS) is 21.4. The first-order valence-electron chi connectivity index (χ1n) is 11.1. The van der Waals surface area contributed by atoms with Crippen LogP contribution in [0.3, 0.4) is 0 Å². The van der Waals surface area contributed by atoms with Crippen LogP contribution in [0.2, 0.25) is 0 Å². The Labute approximate surface area is 206 Å². The lowest BCUT2D eigenvalue weighted by molar-refractivity contribution is -0.123. The third kappa shape index (κ3) is 4.42. The van der Waals surface area contributed by atoms with Crippen molar-refractivity contribution >= 4 is 51.0 Å². The van der Waals surface area contributed by atoms with Crippen LogP contribution < -0.4 is 10.2 Å². The number of benzene rings is 2. The second kappa shape index (κ2) is 9.54. The number of carbonyl (C=O) groups excluding carboxylic acids is 4. The second-order valence-electron chi connectivity index (χ2n) is 8.68. The van der Waals surface area contributed by atoms with Gasteiger partial charge >= 0.3 is 5.97 Å². The van der Waals surface area contributed by atoms with Crippen LogP contribution in [0.15, 0.2) is 53.0 Å². The summed E-state index contributed by atoms with van der Waals surface area (Å²) in [6.45, 7) is 5.33. The van der Waals surface area contributed by atoms with E-state index in [9.17, 15) is 19.2 Å². The molecule has 4 rings (SSSR count). The summed E-state index contributed by atoms with van der Waals surface area (Å²) in [5, 5.41) is 2.75. The largest absolute Gasteiger partial charge is 0.452 e. The Morgan fingerprint density at radius 2 is 1.76 bits per heavy atom. The minimum atomic E-state index is -0.670. The molecule has 0 aromatic heterocycles. The summed E-state index contributed by atoms with van der Waals surface area (Å²) >= 11 is 3.45. The number of fused-ring (bicyclic) bond motifs is 1. The van der Waals surface area contributed by atoms with Gasteiger partial charge in [0.1, 0.15) is 0 Å². The highest BCUT2D eigenvalue weighted by Gasteiger charge is 2.50. The SMILES string of the molecule is Cc1c(Br)ccc(NC(=O)COC(=O)c2ccc(N3C(=O)[C@@H]4[C@H](C)C=CC[C@H]4C3=O)cc2)c1C. The molecule has 2 aromatic rings. The molecule has 0 radical (unpaired) electrons. The number of amides is 3. The van der Waals surface area contributed by atoms with E-state index in [0.29, 0.717) is 17.8 Å². The molecule has 1 aliphatic carbocycles. The van der Waals surface area contributed by atoms with Crippen LogP contribution >= 0.6 is 15.9 Å². The Morgan fingerprint density at radius 3 is 2.44 bits per heavy atom. The minimum absolute atomic E-state index is 0.00529. The zero-order valence-corrected chi connectivity index (χ0v) is 20.7. The van der Waals surface area contributed by atoms with Crippen molar-refractivity contribution in [1.82, 2.24) is 0 Å². The number of imide groups is 1. The average molecular weight is 525 g/mol. The molecule has 3 amide bonds. The van der Waals surface area contributed by atoms with Crippen LogP contribution in [0, 0.1) is 31.6 Å². The number of esters is 1. The molecule has 8 heteroatoms. The van der Waals surface area contributed by atoms with Crippen molar-refractivity contribution < 1.29 is 23.9 Å². The molecule has 0 bridgehead atoms. The van der Waals surface area contributed by atoms with Gasteiger partial charge in [0.15, 0.2) is 6.61 Å². The molecule has 2 aliphatic rings. The van der Waals surface area contributed by atoms with Crippen molar-refractivity contribution in [3.8, 4) is 0 Å². The van der Waals surface area contributed by atoms with Crippen LogP contribution in [0.4, 0.5) is 11.4 Å². The summed E-state index contributed by atoms with van der Waals surface area (Å²) in [5.74, 6) is -2.23. The van der Waals surface area contributed by atoms with Crippen molar-refractivity contribution in [1.29, 1.82) is 0 Å². The zero-order valence-electron chi connectivity index (χ0n) is 19.1. The van der Waals surface area contributed by atoms with Crippen molar-refractivity contribution in [3.63, 3.8) is 0 Å². The molecule has 0 unspecified atom stereocenters. The molecule has 0 spiro atoms. The first-order valence-corrected chi connectivity index (χ1v) is 11.9. The molecule has 1 fully saturated rings. The standard InChI is InChI=1S/C26H25BrN2O5/c1-14-5-4-6-19-23(14)25(32)29(24(19)31)18-9-7-17(8-10-18)26(33)34-13-22(30)28-21-12-11-20(27)15(2)16(21)3/h4-5,7-12,14,19,23H,6,13H2,1-3H3,(H,28,30)/t14-,19-,23-/m1/s1. The molecule has 176 valence electrons. The number of halogens is 1. The predicted octanol–water partition coefficient (Wildman–Crippen LogP) is 4.56. The molecular weight excluding hydrogens is 500 g/mol. The van der Waals surface area contributed by atoms with Crippen molar-refractivity contribution in [2.75, 3.05) is 16.8 Å². The Morgan fingerprint density at radius 1 is 1.06 bits per heavy atom. The van der Waals surface area contributed by atoms with E-state index in [1.165, 1.54) is 17.0 Å². The molecule has 3 atom stereocenters. The fourth-order valence-electron chi connectivity index (χ4n) is 4.47. The van der Waals surface area contributed by atoms with Crippen LogP contribution in [-0.2, 0) is 19.1 Å². The van der Waals surface area contributed by atoms with Crippen LogP contribution in [-0.4, -0.2) is 30.3 Å². The molecule has 1 saturated heterocycles. The molecular formula is C26H25BrN2O5. The summed E-state index contributed by atoms with van der Waals surface area (Å²) in [6, 6.07) is 9.70. The summed E-state index contributed by atoms with van der Waals surface area (Å²) in [4.78, 5) is 51.6. The maximum absolute atomic E-state index is 12.9. The van der Waals surface area contributed by atoms with Gasteiger partial charge in [0.25, 0.3) is 5.91 Å². The van der Waals surface area contributed by atoms with Crippen LogP contribution in [0.1, 0.15) is 34.8 Å². The third-order valence-electron chi connectivity index (χ3n) is 6.56. The number of nitrogens with zero attached hydrogens (tertiary/aromatic N) is 1. The maximum Gasteiger partial charge on any atom is 0.338 e. The van der Waals surface area contributed by atoms with Crippen molar-refractivity contribution in [3.05, 3.63) is 69.7 Å². The Balaban J connectivity index is 1.37. The van der Waals surface area contributed by atoms with Crippen molar-refractivity contribution in [2.45, 2.75) is 27.2 Å². The summed E-state index contributed by atoms with van der Waals surface area (Å²) in [5.41, 5.74) is 3.22.